The van der Waals surface area contributed by atoms with Gasteiger partial charge in [-0.3, -0.25) is 4.90 Å². The highest BCUT2D eigenvalue weighted by molar-refractivity contribution is 9.10. The molecule has 2 aromatic carbocycles. The van der Waals surface area contributed by atoms with Crippen LogP contribution in [0.4, 0.5) is 0 Å². The number of nitrogens with zero attached hydrogens (tertiary/aromatic N) is 2. The van der Waals surface area contributed by atoms with Crippen molar-refractivity contribution in [1.29, 1.82) is 0 Å². The van der Waals surface area contributed by atoms with E-state index < -0.39 is 10.0 Å². The van der Waals surface area contributed by atoms with Gasteiger partial charge in [-0.2, -0.15) is 4.31 Å². The zero-order chi connectivity index (χ0) is 17.7. The van der Waals surface area contributed by atoms with Crippen LogP contribution in [0.1, 0.15) is 11.1 Å². The predicted molar refractivity (Wildman–Crippen MR) is 105 cm³/mol. The largest absolute Gasteiger partial charge is 0.296 e. The number of benzene rings is 2. The maximum atomic E-state index is 12.5. The second-order valence-electron chi connectivity index (χ2n) is 6.06. The number of hydrogen-bond acceptors (Lipinski definition) is 3. The highest BCUT2D eigenvalue weighted by Crippen LogP contribution is 2.15. The lowest BCUT2D eigenvalue weighted by molar-refractivity contribution is 0.182. The van der Waals surface area contributed by atoms with Crippen LogP contribution < -0.4 is 0 Å². The molecule has 0 unspecified atom stereocenters. The SMILES string of the molecule is O=S(=O)(/C=C/c1ccccc1)N1CCN(Cc2ccc(Br)cc2)CC1. The minimum Gasteiger partial charge on any atom is -0.296 e. The van der Waals surface area contributed by atoms with E-state index in [0.717, 1.165) is 29.7 Å². The lowest BCUT2D eigenvalue weighted by atomic mass is 10.2. The first-order valence-electron chi connectivity index (χ1n) is 8.23. The Morgan fingerprint density at radius 1 is 0.920 bits per heavy atom. The zero-order valence-corrected chi connectivity index (χ0v) is 16.3. The molecule has 0 atom stereocenters. The number of sulfonamides is 1. The topological polar surface area (TPSA) is 40.6 Å². The van der Waals surface area contributed by atoms with Crippen molar-refractivity contribution in [2.45, 2.75) is 6.54 Å². The molecule has 1 heterocycles. The van der Waals surface area contributed by atoms with Crippen molar-refractivity contribution >= 4 is 32.0 Å². The number of hydrogen-bond donors (Lipinski definition) is 0. The summed E-state index contributed by atoms with van der Waals surface area (Å²) in [5, 5.41) is 1.31. The normalized spacial score (nSPS) is 17.2. The molecule has 0 saturated carbocycles. The van der Waals surface area contributed by atoms with E-state index in [4.69, 9.17) is 0 Å². The van der Waals surface area contributed by atoms with Crippen molar-refractivity contribution in [1.82, 2.24) is 9.21 Å². The van der Waals surface area contributed by atoms with E-state index in [1.807, 2.05) is 42.5 Å². The van der Waals surface area contributed by atoms with Crippen LogP contribution in [0.5, 0.6) is 0 Å². The Bertz CT molecular complexity index is 812. The molecule has 1 saturated heterocycles. The van der Waals surface area contributed by atoms with Crippen LogP contribution in [0.25, 0.3) is 6.08 Å². The van der Waals surface area contributed by atoms with Gasteiger partial charge in [0.05, 0.1) is 0 Å². The molecule has 0 aromatic heterocycles. The molecular formula is C19H21BrN2O2S. The van der Waals surface area contributed by atoms with Gasteiger partial charge in [0, 0.05) is 42.6 Å². The summed E-state index contributed by atoms with van der Waals surface area (Å²) in [6.07, 6.45) is 1.66. The second-order valence-corrected chi connectivity index (χ2v) is 8.79. The maximum Gasteiger partial charge on any atom is 0.236 e. The Morgan fingerprint density at radius 3 is 2.20 bits per heavy atom. The third-order valence-electron chi connectivity index (χ3n) is 4.24. The minimum atomic E-state index is -3.36. The predicted octanol–water partition coefficient (Wildman–Crippen LogP) is 3.57. The Balaban J connectivity index is 1.56. The molecule has 25 heavy (non-hydrogen) atoms. The van der Waals surface area contributed by atoms with Crippen LogP contribution in [0.2, 0.25) is 0 Å². The van der Waals surface area contributed by atoms with E-state index in [1.54, 1.807) is 10.4 Å². The average Bonchev–Trinajstić information content (AvgIpc) is 2.63. The van der Waals surface area contributed by atoms with Crippen molar-refractivity contribution < 1.29 is 8.42 Å². The molecule has 4 nitrogen and oxygen atoms in total. The van der Waals surface area contributed by atoms with Crippen LogP contribution in [-0.4, -0.2) is 43.8 Å². The molecule has 3 rings (SSSR count). The lowest BCUT2D eigenvalue weighted by Gasteiger charge is -2.33. The Hall–Kier alpha value is -1.47. The summed E-state index contributed by atoms with van der Waals surface area (Å²) in [7, 11) is -3.36. The number of piperazine rings is 1. The summed E-state index contributed by atoms with van der Waals surface area (Å²) in [5.74, 6) is 0. The summed E-state index contributed by atoms with van der Waals surface area (Å²) in [6, 6.07) is 17.7. The van der Waals surface area contributed by atoms with Crippen molar-refractivity contribution in [3.05, 3.63) is 75.6 Å². The van der Waals surface area contributed by atoms with E-state index in [-0.39, 0.29) is 0 Å². The Kier molecular flexibility index (Phi) is 6.06. The molecule has 0 aliphatic carbocycles. The van der Waals surface area contributed by atoms with Crippen molar-refractivity contribution in [2.24, 2.45) is 0 Å². The van der Waals surface area contributed by atoms with Crippen LogP contribution in [0, 0.1) is 0 Å². The van der Waals surface area contributed by atoms with Gasteiger partial charge in [0.1, 0.15) is 0 Å². The Morgan fingerprint density at radius 2 is 1.56 bits per heavy atom. The molecule has 0 spiro atoms. The first-order chi connectivity index (χ1) is 12.0. The summed E-state index contributed by atoms with van der Waals surface area (Å²) >= 11 is 3.44. The molecule has 0 N–H and O–H groups in total. The van der Waals surface area contributed by atoms with Crippen molar-refractivity contribution in [3.8, 4) is 0 Å². The van der Waals surface area contributed by atoms with Gasteiger partial charge >= 0.3 is 0 Å². The number of rotatable bonds is 5. The molecule has 1 aliphatic heterocycles. The second kappa shape index (κ2) is 8.27. The molecule has 0 amide bonds. The third-order valence-corrected chi connectivity index (χ3v) is 6.34. The summed E-state index contributed by atoms with van der Waals surface area (Å²) < 4.78 is 27.6. The number of halogens is 1. The fourth-order valence-corrected chi connectivity index (χ4v) is 4.24. The molecular weight excluding hydrogens is 400 g/mol. The highest BCUT2D eigenvalue weighted by atomic mass is 79.9. The molecule has 1 fully saturated rings. The van der Waals surface area contributed by atoms with Crippen molar-refractivity contribution in [2.75, 3.05) is 26.2 Å². The maximum absolute atomic E-state index is 12.5. The van der Waals surface area contributed by atoms with Crippen LogP contribution >= 0.6 is 15.9 Å². The smallest absolute Gasteiger partial charge is 0.236 e. The quantitative estimate of drug-likeness (QED) is 0.741. The van der Waals surface area contributed by atoms with Gasteiger partial charge in [0.25, 0.3) is 0 Å². The Labute approximate surface area is 157 Å². The van der Waals surface area contributed by atoms with Crippen molar-refractivity contribution in [3.63, 3.8) is 0 Å². The zero-order valence-electron chi connectivity index (χ0n) is 13.9. The molecule has 132 valence electrons. The summed E-state index contributed by atoms with van der Waals surface area (Å²) in [6.45, 7) is 3.39. The molecule has 0 radical (unpaired) electrons. The van der Waals surface area contributed by atoms with E-state index in [9.17, 15) is 8.42 Å². The standard InChI is InChI=1S/C19H21BrN2O2S/c20-19-8-6-18(7-9-19)16-21-11-13-22(14-12-21)25(23,24)15-10-17-4-2-1-3-5-17/h1-10,15H,11-14,16H2/b15-10+. The van der Waals surface area contributed by atoms with Gasteiger partial charge in [-0.05, 0) is 29.3 Å². The van der Waals surface area contributed by atoms with Gasteiger partial charge in [-0.1, -0.05) is 58.4 Å². The molecule has 6 heteroatoms. The highest BCUT2D eigenvalue weighted by Gasteiger charge is 2.24. The van der Waals surface area contributed by atoms with E-state index in [2.05, 4.69) is 33.0 Å². The van der Waals surface area contributed by atoms with Crippen LogP contribution in [-0.2, 0) is 16.6 Å². The van der Waals surface area contributed by atoms with Crippen LogP contribution in [0.15, 0.2) is 64.5 Å². The van der Waals surface area contributed by atoms with E-state index in [1.165, 1.54) is 11.0 Å². The minimum absolute atomic E-state index is 0.526. The van der Waals surface area contributed by atoms with E-state index in [0.29, 0.717) is 13.1 Å². The monoisotopic (exact) mass is 420 g/mol. The van der Waals surface area contributed by atoms with Gasteiger partial charge in [0.15, 0.2) is 0 Å². The first kappa shape index (κ1) is 18.3. The van der Waals surface area contributed by atoms with Gasteiger partial charge in [0.2, 0.25) is 10.0 Å². The van der Waals surface area contributed by atoms with Gasteiger partial charge < -0.3 is 0 Å². The first-order valence-corrected chi connectivity index (χ1v) is 10.5. The molecule has 1 aliphatic rings. The van der Waals surface area contributed by atoms with Crippen LogP contribution in [0.3, 0.4) is 0 Å². The fraction of sp³-hybridized carbons (Fsp3) is 0.263. The fourth-order valence-electron chi connectivity index (χ4n) is 2.80. The summed E-state index contributed by atoms with van der Waals surface area (Å²) in [4.78, 5) is 2.29. The summed E-state index contributed by atoms with van der Waals surface area (Å²) in [5.41, 5.74) is 2.13. The van der Waals surface area contributed by atoms with Gasteiger partial charge in [-0.25, -0.2) is 8.42 Å². The van der Waals surface area contributed by atoms with Gasteiger partial charge in [-0.15, -0.1) is 0 Å². The average molecular weight is 421 g/mol. The molecule has 0 bridgehead atoms. The third kappa shape index (κ3) is 5.25. The van der Waals surface area contributed by atoms with E-state index >= 15 is 0 Å². The lowest BCUT2D eigenvalue weighted by Crippen LogP contribution is -2.47. The molecule has 2 aromatic rings.